The molecule has 0 bridgehead atoms. The number of likely N-dealkylation sites (N-methyl/N-ethyl adjacent to an activating group) is 1. The van der Waals surface area contributed by atoms with Gasteiger partial charge in [-0.1, -0.05) is 31.8 Å². The summed E-state index contributed by atoms with van der Waals surface area (Å²) in [6, 6.07) is 2.33. The van der Waals surface area contributed by atoms with Gasteiger partial charge < -0.3 is 20.9 Å². The van der Waals surface area contributed by atoms with Gasteiger partial charge >= 0.3 is 0 Å². The quantitative estimate of drug-likeness (QED) is 0.120. The Morgan fingerprint density at radius 2 is 1.82 bits per heavy atom. The van der Waals surface area contributed by atoms with E-state index in [1.807, 2.05) is 27.3 Å². The highest BCUT2D eigenvalue weighted by Gasteiger charge is 2.30. The van der Waals surface area contributed by atoms with Crippen LogP contribution in [0.5, 0.6) is 0 Å². The number of nitrogens with two attached hydrogens (primary N) is 3. The van der Waals surface area contributed by atoms with Gasteiger partial charge in [0.1, 0.15) is 21.8 Å². The van der Waals surface area contributed by atoms with E-state index < -0.39 is 0 Å². The minimum absolute atomic E-state index is 0.0826. The molecule has 0 fully saturated rings. The molecular formula is C26H39N9OS2. The summed E-state index contributed by atoms with van der Waals surface area (Å²) in [6.45, 7) is 8.35. The highest BCUT2D eigenvalue weighted by Crippen LogP contribution is 2.43. The van der Waals surface area contributed by atoms with Crippen LogP contribution in [0.15, 0.2) is 9.55 Å². The van der Waals surface area contributed by atoms with E-state index in [2.05, 4.69) is 36.9 Å². The number of nitrogen functional groups attached to an aromatic ring is 2. The number of rotatable bonds is 12. The predicted octanol–water partition coefficient (Wildman–Crippen LogP) is 4.93. The number of unbranched alkanes of at least 4 members (excludes halogenated alkanes) is 1. The van der Waals surface area contributed by atoms with Gasteiger partial charge in [0.25, 0.3) is 0 Å². The molecule has 0 saturated heterocycles. The van der Waals surface area contributed by atoms with Crippen LogP contribution in [0.2, 0.25) is 0 Å². The number of nitrogens with zero attached hydrogens (tertiary/aromatic N) is 6. The molecule has 10 nitrogen and oxygen atoms in total. The molecule has 2 unspecified atom stereocenters. The van der Waals surface area contributed by atoms with Gasteiger partial charge in [-0.2, -0.15) is 5.26 Å². The number of thioether (sulfide) groups is 1. The van der Waals surface area contributed by atoms with Crippen LogP contribution in [0, 0.1) is 11.3 Å². The van der Waals surface area contributed by atoms with Crippen LogP contribution in [0.3, 0.4) is 0 Å². The van der Waals surface area contributed by atoms with Crippen LogP contribution in [0.25, 0.3) is 22.8 Å². The molecule has 0 aromatic carbocycles. The van der Waals surface area contributed by atoms with Crippen LogP contribution in [-0.4, -0.2) is 52.5 Å². The first-order valence-electron chi connectivity index (χ1n) is 12.8. The molecule has 0 aliphatic heterocycles. The lowest BCUT2D eigenvalue weighted by Gasteiger charge is -2.34. The first kappa shape index (κ1) is 29.7. The average Bonchev–Trinajstić information content (AvgIpc) is 3.45. The molecule has 2 atom stereocenters. The van der Waals surface area contributed by atoms with Crippen molar-refractivity contribution in [1.29, 1.82) is 5.26 Å². The van der Waals surface area contributed by atoms with Crippen molar-refractivity contribution in [2.45, 2.75) is 76.9 Å². The Labute approximate surface area is 233 Å². The fraction of sp³-hybridized carbons (Fsp3) is 0.538. The third-order valence-corrected chi connectivity index (χ3v) is 8.66. The van der Waals surface area contributed by atoms with Gasteiger partial charge in [0.05, 0.1) is 17.2 Å². The van der Waals surface area contributed by atoms with Crippen LogP contribution in [-0.2, 0) is 12.8 Å². The van der Waals surface area contributed by atoms with Crippen molar-refractivity contribution in [3.8, 4) is 28.9 Å². The zero-order valence-corrected chi connectivity index (χ0v) is 25.0. The van der Waals surface area contributed by atoms with Gasteiger partial charge in [-0.05, 0) is 53.5 Å². The van der Waals surface area contributed by atoms with Crippen molar-refractivity contribution in [2.75, 3.05) is 36.8 Å². The predicted molar refractivity (Wildman–Crippen MR) is 158 cm³/mol. The fourth-order valence-electron chi connectivity index (χ4n) is 4.27. The molecule has 12 heteroatoms. The van der Waals surface area contributed by atoms with E-state index >= 15 is 0 Å². The van der Waals surface area contributed by atoms with Crippen molar-refractivity contribution in [3.05, 3.63) is 16.0 Å². The zero-order chi connectivity index (χ0) is 28.1. The number of thiophene rings is 1. The van der Waals surface area contributed by atoms with Crippen LogP contribution in [0.1, 0.15) is 63.0 Å². The van der Waals surface area contributed by atoms with E-state index in [-0.39, 0.29) is 12.1 Å². The van der Waals surface area contributed by atoms with Gasteiger partial charge in [0.15, 0.2) is 23.1 Å². The molecule has 0 amide bonds. The fourth-order valence-corrected chi connectivity index (χ4v) is 5.88. The topological polar surface area (TPSA) is 160 Å². The highest BCUT2D eigenvalue weighted by molar-refractivity contribution is 7.98. The molecule has 38 heavy (non-hydrogen) atoms. The average molecular weight is 558 g/mol. The van der Waals surface area contributed by atoms with E-state index in [0.29, 0.717) is 50.8 Å². The lowest BCUT2D eigenvalue weighted by atomic mass is 9.98. The first-order chi connectivity index (χ1) is 18.1. The maximum Gasteiger partial charge on any atom is 0.185 e. The monoisotopic (exact) mass is 557 g/mol. The second-order valence-corrected chi connectivity index (χ2v) is 11.5. The van der Waals surface area contributed by atoms with E-state index in [4.69, 9.17) is 31.8 Å². The molecule has 3 heterocycles. The maximum absolute atomic E-state index is 9.92. The Kier molecular flexibility index (Phi) is 10.0. The van der Waals surface area contributed by atoms with Crippen molar-refractivity contribution >= 4 is 39.6 Å². The number of hydrogen-bond acceptors (Lipinski definition) is 12. The molecule has 3 aromatic rings. The van der Waals surface area contributed by atoms with Gasteiger partial charge in [0.2, 0.25) is 0 Å². The van der Waals surface area contributed by atoms with E-state index in [1.165, 1.54) is 23.1 Å². The van der Waals surface area contributed by atoms with Crippen LogP contribution < -0.4 is 22.3 Å². The van der Waals surface area contributed by atoms with Crippen molar-refractivity contribution in [1.82, 2.24) is 20.0 Å². The summed E-state index contributed by atoms with van der Waals surface area (Å²) in [4.78, 5) is 12.7. The summed E-state index contributed by atoms with van der Waals surface area (Å²) in [6.07, 6.45) is 6.19. The smallest absolute Gasteiger partial charge is 0.185 e. The third kappa shape index (κ3) is 5.76. The lowest BCUT2D eigenvalue weighted by Crippen LogP contribution is -2.50. The molecule has 206 valence electrons. The summed E-state index contributed by atoms with van der Waals surface area (Å²) in [5, 5.41) is 17.1. The number of aromatic nitrogens is 3. The van der Waals surface area contributed by atoms with Crippen molar-refractivity contribution < 1.29 is 4.52 Å². The largest absolute Gasteiger partial charge is 0.393 e. The minimum atomic E-state index is -0.0826. The molecule has 0 radical (unpaired) electrons. The summed E-state index contributed by atoms with van der Waals surface area (Å²) in [7, 11) is 4.01. The van der Waals surface area contributed by atoms with E-state index in [9.17, 15) is 5.26 Å². The second-order valence-electron chi connectivity index (χ2n) is 9.59. The molecule has 6 N–H and O–H groups in total. The van der Waals surface area contributed by atoms with E-state index in [0.717, 1.165) is 41.7 Å². The molecule has 0 aliphatic rings. The minimum Gasteiger partial charge on any atom is -0.393 e. The van der Waals surface area contributed by atoms with Gasteiger partial charge in [-0.3, -0.25) is 5.01 Å². The standard InChI is InChI=1S/C26H39N9OS2/c1-8-10-12-16-21(33-36-22(16)19-17(13-27)23(29)38-18(19)11-9-2)24-31-25(20(28)26(32-24)37-7)35(30)15(4)14(3)34(5)6/h14-15H,8-12,28-30H2,1-7H3. The lowest BCUT2D eigenvalue weighted by molar-refractivity contribution is 0.273. The number of nitriles is 1. The maximum atomic E-state index is 9.92. The van der Waals surface area contributed by atoms with E-state index in [1.54, 1.807) is 5.01 Å². The second kappa shape index (κ2) is 12.8. The first-order valence-corrected chi connectivity index (χ1v) is 14.9. The van der Waals surface area contributed by atoms with Crippen molar-refractivity contribution in [2.24, 2.45) is 5.84 Å². The summed E-state index contributed by atoms with van der Waals surface area (Å²) in [5.74, 6) is 7.98. The normalized spacial score (nSPS) is 13.1. The molecule has 3 rings (SSSR count). The van der Waals surface area contributed by atoms with Crippen LogP contribution in [0.4, 0.5) is 16.5 Å². The molecule has 0 saturated carbocycles. The van der Waals surface area contributed by atoms with Gasteiger partial charge in [0, 0.05) is 16.5 Å². The third-order valence-electron chi connectivity index (χ3n) is 6.88. The molecule has 3 aromatic heterocycles. The van der Waals surface area contributed by atoms with Gasteiger partial charge in [-0.25, -0.2) is 15.8 Å². The number of aryl methyl sites for hydroxylation is 1. The molecule has 0 aliphatic carbocycles. The Bertz CT molecular complexity index is 1290. The zero-order valence-electron chi connectivity index (χ0n) is 23.3. The Morgan fingerprint density at radius 3 is 2.39 bits per heavy atom. The molecule has 0 spiro atoms. The number of hydrazine groups is 1. The number of hydrogen-bond donors (Lipinski definition) is 3. The van der Waals surface area contributed by atoms with Crippen LogP contribution >= 0.6 is 23.1 Å². The summed E-state index contributed by atoms with van der Waals surface area (Å²) < 4.78 is 5.98. The highest BCUT2D eigenvalue weighted by atomic mass is 32.2. The number of anilines is 3. The summed E-state index contributed by atoms with van der Waals surface area (Å²) in [5.41, 5.74) is 15.7. The SMILES string of the molecule is CCCCc1c(-c2nc(SC)c(N)c(N(N)C(C)C(C)N(C)C)n2)noc1-c1c(CCC)sc(N)c1C#N. The summed E-state index contributed by atoms with van der Waals surface area (Å²) >= 11 is 2.86. The Morgan fingerprint density at radius 1 is 1.11 bits per heavy atom. The Hall–Kier alpha value is -2.85. The van der Waals surface area contributed by atoms with Crippen molar-refractivity contribution in [3.63, 3.8) is 0 Å². The van der Waals surface area contributed by atoms with Gasteiger partial charge in [-0.15, -0.1) is 23.1 Å². The molecular weight excluding hydrogens is 518 g/mol. The Balaban J connectivity index is 2.24.